The van der Waals surface area contributed by atoms with Crippen molar-refractivity contribution in [3.63, 3.8) is 0 Å². The van der Waals surface area contributed by atoms with Crippen LogP contribution in [0.25, 0.3) is 6.08 Å². The van der Waals surface area contributed by atoms with Gasteiger partial charge in [-0.15, -0.1) is 0 Å². The quantitative estimate of drug-likeness (QED) is 0.582. The minimum absolute atomic E-state index is 0.0695. The number of aliphatic hydroxyl groups excluding tert-OH is 1. The molecule has 0 heterocycles. The lowest BCUT2D eigenvalue weighted by Gasteiger charge is -2.21. The van der Waals surface area contributed by atoms with Gasteiger partial charge in [0, 0.05) is 0 Å². The second kappa shape index (κ2) is 2.96. The molecule has 1 nitrogen and oxygen atoms in total. The Bertz CT molecular complexity index is 319. The summed E-state index contributed by atoms with van der Waals surface area (Å²) in [5.41, 5.74) is 2.07. The number of rotatable bonds is 0. The van der Waals surface area contributed by atoms with Gasteiger partial charge in [-0.1, -0.05) is 36.4 Å². The van der Waals surface area contributed by atoms with Gasteiger partial charge in [-0.05, 0) is 11.1 Å². The van der Waals surface area contributed by atoms with Crippen molar-refractivity contribution >= 4 is 18.7 Å². The predicted octanol–water partition coefficient (Wildman–Crippen LogP) is 2.05. The molecule has 0 saturated heterocycles. The maximum atomic E-state index is 9.70. The molecule has 1 aliphatic rings. The minimum atomic E-state index is -0.463. The fourth-order valence-electron chi connectivity index (χ4n) is 1.42. The van der Waals surface area contributed by atoms with Gasteiger partial charge in [0.25, 0.3) is 0 Å². The molecule has 62 valence electrons. The van der Waals surface area contributed by atoms with E-state index >= 15 is 0 Å². The molecule has 0 saturated carbocycles. The average molecular weight is 178 g/mol. The van der Waals surface area contributed by atoms with Crippen molar-refractivity contribution in [1.82, 2.24) is 0 Å². The zero-order valence-corrected chi connectivity index (χ0v) is 7.41. The Kier molecular flexibility index (Phi) is 1.95. The molecule has 2 unspecified atom stereocenters. The fourth-order valence-corrected chi connectivity index (χ4v) is 1.67. The summed E-state index contributed by atoms with van der Waals surface area (Å²) in [5.74, 6) is 0. The molecule has 0 fully saturated rings. The standard InChI is InChI=1S/C10H10OS/c11-10-8-4-2-1-3-7(8)5-6-9(10)12/h1-6,9-12H. The molecule has 1 aromatic carbocycles. The van der Waals surface area contributed by atoms with Crippen molar-refractivity contribution in [1.29, 1.82) is 0 Å². The van der Waals surface area contributed by atoms with E-state index < -0.39 is 6.10 Å². The third kappa shape index (κ3) is 1.17. The zero-order valence-electron chi connectivity index (χ0n) is 6.51. The molecule has 1 aromatic rings. The van der Waals surface area contributed by atoms with Gasteiger partial charge in [-0.2, -0.15) is 12.6 Å². The summed E-state index contributed by atoms with van der Waals surface area (Å²) in [6.45, 7) is 0. The van der Waals surface area contributed by atoms with E-state index in [9.17, 15) is 5.11 Å². The molecule has 0 bridgehead atoms. The molecule has 0 spiro atoms. The molecular formula is C10H10OS. The van der Waals surface area contributed by atoms with Gasteiger partial charge in [0.1, 0.15) is 0 Å². The van der Waals surface area contributed by atoms with E-state index in [0.29, 0.717) is 0 Å². The summed E-state index contributed by atoms with van der Waals surface area (Å²) in [7, 11) is 0. The number of hydrogen-bond donors (Lipinski definition) is 2. The smallest absolute Gasteiger partial charge is 0.0946 e. The topological polar surface area (TPSA) is 20.2 Å². The first-order chi connectivity index (χ1) is 5.79. The van der Waals surface area contributed by atoms with Crippen molar-refractivity contribution in [3.8, 4) is 0 Å². The third-order valence-electron chi connectivity index (χ3n) is 2.11. The first-order valence-corrected chi connectivity index (χ1v) is 4.44. The largest absolute Gasteiger partial charge is 0.387 e. The summed E-state index contributed by atoms with van der Waals surface area (Å²) in [4.78, 5) is 0. The number of hydrogen-bond acceptors (Lipinski definition) is 2. The molecule has 0 aliphatic heterocycles. The predicted molar refractivity (Wildman–Crippen MR) is 53.2 cm³/mol. The number of fused-ring (bicyclic) bond motifs is 1. The third-order valence-corrected chi connectivity index (χ3v) is 2.57. The highest BCUT2D eigenvalue weighted by Crippen LogP contribution is 2.30. The van der Waals surface area contributed by atoms with Gasteiger partial charge in [0.05, 0.1) is 11.4 Å². The van der Waals surface area contributed by atoms with Crippen molar-refractivity contribution in [2.45, 2.75) is 11.4 Å². The van der Waals surface area contributed by atoms with Crippen LogP contribution in [0.2, 0.25) is 0 Å². The van der Waals surface area contributed by atoms with Gasteiger partial charge in [-0.25, -0.2) is 0 Å². The van der Waals surface area contributed by atoms with Crippen molar-refractivity contribution in [3.05, 3.63) is 41.5 Å². The molecule has 2 atom stereocenters. The van der Waals surface area contributed by atoms with Gasteiger partial charge >= 0.3 is 0 Å². The average Bonchev–Trinajstić information content (AvgIpc) is 2.12. The molecule has 1 N–H and O–H groups in total. The number of benzene rings is 1. The summed E-state index contributed by atoms with van der Waals surface area (Å²) in [6, 6.07) is 7.83. The van der Waals surface area contributed by atoms with Gasteiger partial charge in [0.2, 0.25) is 0 Å². The van der Waals surface area contributed by atoms with E-state index in [0.717, 1.165) is 11.1 Å². The molecule has 2 heteroatoms. The Morgan fingerprint density at radius 3 is 2.83 bits per heavy atom. The monoisotopic (exact) mass is 178 g/mol. The summed E-state index contributed by atoms with van der Waals surface area (Å²) in [5, 5.41) is 9.63. The van der Waals surface area contributed by atoms with E-state index in [1.165, 1.54) is 0 Å². The van der Waals surface area contributed by atoms with Crippen LogP contribution >= 0.6 is 12.6 Å². The highest BCUT2D eigenvalue weighted by atomic mass is 32.1. The lowest BCUT2D eigenvalue weighted by atomic mass is 9.95. The molecule has 0 radical (unpaired) electrons. The molecular weight excluding hydrogens is 168 g/mol. The van der Waals surface area contributed by atoms with Crippen LogP contribution in [0.3, 0.4) is 0 Å². The Hall–Kier alpha value is -0.730. The molecule has 0 aromatic heterocycles. The number of thiol groups is 1. The first-order valence-electron chi connectivity index (χ1n) is 3.92. The Morgan fingerprint density at radius 1 is 1.25 bits per heavy atom. The lowest BCUT2D eigenvalue weighted by molar-refractivity contribution is 0.186. The second-order valence-electron chi connectivity index (χ2n) is 2.92. The molecule has 2 rings (SSSR count). The first kappa shape index (κ1) is 7.90. The molecule has 12 heavy (non-hydrogen) atoms. The maximum Gasteiger partial charge on any atom is 0.0946 e. The van der Waals surface area contributed by atoms with Crippen LogP contribution in [0.4, 0.5) is 0 Å². The van der Waals surface area contributed by atoms with Crippen LogP contribution in [0.15, 0.2) is 30.3 Å². The van der Waals surface area contributed by atoms with E-state index in [4.69, 9.17) is 0 Å². The summed E-state index contributed by atoms with van der Waals surface area (Å²) >= 11 is 4.24. The number of aliphatic hydroxyl groups is 1. The Balaban J connectivity index is 2.52. The highest BCUT2D eigenvalue weighted by molar-refractivity contribution is 7.81. The maximum absolute atomic E-state index is 9.70. The van der Waals surface area contributed by atoms with Crippen LogP contribution in [0.1, 0.15) is 17.2 Å². The van der Waals surface area contributed by atoms with Crippen LogP contribution < -0.4 is 0 Å². The van der Waals surface area contributed by atoms with Crippen LogP contribution in [-0.2, 0) is 0 Å². The summed E-state index contributed by atoms with van der Waals surface area (Å²) < 4.78 is 0. The van der Waals surface area contributed by atoms with Crippen LogP contribution in [-0.4, -0.2) is 10.4 Å². The van der Waals surface area contributed by atoms with Gasteiger partial charge < -0.3 is 5.11 Å². The van der Waals surface area contributed by atoms with E-state index in [-0.39, 0.29) is 5.25 Å². The van der Waals surface area contributed by atoms with Crippen molar-refractivity contribution in [2.75, 3.05) is 0 Å². The van der Waals surface area contributed by atoms with E-state index in [2.05, 4.69) is 12.6 Å². The van der Waals surface area contributed by atoms with Gasteiger partial charge in [0.15, 0.2) is 0 Å². The Morgan fingerprint density at radius 2 is 2.00 bits per heavy atom. The van der Waals surface area contributed by atoms with Gasteiger partial charge in [-0.3, -0.25) is 0 Å². The summed E-state index contributed by atoms with van der Waals surface area (Å²) in [6.07, 6.45) is 3.45. The van der Waals surface area contributed by atoms with Crippen molar-refractivity contribution in [2.24, 2.45) is 0 Å². The zero-order chi connectivity index (χ0) is 8.55. The van der Waals surface area contributed by atoms with Crippen LogP contribution in [0, 0.1) is 0 Å². The fraction of sp³-hybridized carbons (Fsp3) is 0.200. The highest BCUT2D eigenvalue weighted by Gasteiger charge is 2.20. The SMILES string of the molecule is OC1c2ccccc2C=CC1S. The second-order valence-corrected chi connectivity index (χ2v) is 3.52. The minimum Gasteiger partial charge on any atom is -0.387 e. The molecule has 1 aliphatic carbocycles. The normalized spacial score (nSPS) is 26.8. The van der Waals surface area contributed by atoms with Crippen molar-refractivity contribution < 1.29 is 5.11 Å². The Labute approximate surface area is 77.1 Å². The lowest BCUT2D eigenvalue weighted by Crippen LogP contribution is -2.14. The molecule has 0 amide bonds. The van der Waals surface area contributed by atoms with E-state index in [1.54, 1.807) is 0 Å². The van der Waals surface area contributed by atoms with E-state index in [1.807, 2.05) is 36.4 Å². The van der Waals surface area contributed by atoms with Crippen LogP contribution in [0.5, 0.6) is 0 Å².